The van der Waals surface area contributed by atoms with Gasteiger partial charge in [-0.2, -0.15) is 0 Å². The van der Waals surface area contributed by atoms with Crippen LogP contribution in [-0.4, -0.2) is 13.3 Å². The van der Waals surface area contributed by atoms with Crippen LogP contribution in [-0.2, 0) is 11.0 Å². The van der Waals surface area contributed by atoms with Crippen LogP contribution in [0.4, 0.5) is 0 Å². The largest absolute Gasteiger partial charge is 0.411 e. The molecule has 0 unspecified atom stereocenters. The van der Waals surface area contributed by atoms with E-state index in [0.29, 0.717) is 12.0 Å². The Bertz CT molecular complexity index is 716. The fourth-order valence-corrected chi connectivity index (χ4v) is 3.36. The summed E-state index contributed by atoms with van der Waals surface area (Å²) < 4.78 is 7.12. The molecule has 0 aliphatic rings. The molecule has 0 saturated carbocycles. The predicted molar refractivity (Wildman–Crippen MR) is 94.3 cm³/mol. The second-order valence-electron chi connectivity index (χ2n) is 6.84. The summed E-state index contributed by atoms with van der Waals surface area (Å²) in [5, 5.41) is 1.77. The highest BCUT2D eigenvalue weighted by Gasteiger charge is 2.37. The Morgan fingerprint density at radius 1 is 1.19 bits per heavy atom. The highest BCUT2D eigenvalue weighted by molar-refractivity contribution is 9.10. The van der Waals surface area contributed by atoms with Crippen LogP contribution >= 0.6 is 15.9 Å². The number of benzene rings is 1. The lowest BCUT2D eigenvalue weighted by molar-refractivity contribution is 0.271. The van der Waals surface area contributed by atoms with Crippen LogP contribution in [0, 0.1) is 0 Å². The monoisotopic (exact) mass is 367 g/mol. The van der Waals surface area contributed by atoms with Crippen LogP contribution in [0.5, 0.6) is 0 Å². The van der Waals surface area contributed by atoms with Gasteiger partial charge in [0.05, 0.1) is 12.3 Å². The van der Waals surface area contributed by atoms with Crippen LogP contribution in [0.3, 0.4) is 0 Å². The average molecular weight is 368 g/mol. The molecule has 1 aromatic carbocycles. The number of hydrogen-bond donors (Lipinski definition) is 1. The molecule has 2 rings (SSSR count). The summed E-state index contributed by atoms with van der Waals surface area (Å²) >= 11 is 3.60. The molecule has 0 fully saturated rings. The molecule has 0 aliphatic carbocycles. The van der Waals surface area contributed by atoms with Gasteiger partial charge in [-0.05, 0) is 40.1 Å². The van der Waals surface area contributed by atoms with Gasteiger partial charge in [0.15, 0.2) is 8.32 Å². The SMILES string of the molecule is CC(C)(C)[Si](C)(C)OCc1[nH]c(=O)c2ccccc2c1Br. The molecule has 5 heteroatoms. The van der Waals surface area contributed by atoms with Gasteiger partial charge in [-0.1, -0.05) is 39.0 Å². The maximum atomic E-state index is 12.2. The van der Waals surface area contributed by atoms with Crippen molar-refractivity contribution in [3.8, 4) is 0 Å². The Morgan fingerprint density at radius 2 is 1.76 bits per heavy atom. The van der Waals surface area contributed by atoms with E-state index in [2.05, 4.69) is 54.8 Å². The lowest BCUT2D eigenvalue weighted by atomic mass is 10.1. The fraction of sp³-hybridized carbons (Fsp3) is 0.438. The van der Waals surface area contributed by atoms with E-state index in [-0.39, 0.29) is 10.6 Å². The molecule has 21 heavy (non-hydrogen) atoms. The molecule has 2 aromatic rings. The minimum absolute atomic E-state index is 0.0670. The minimum Gasteiger partial charge on any atom is -0.411 e. The topological polar surface area (TPSA) is 42.1 Å². The molecule has 114 valence electrons. The first-order valence-electron chi connectivity index (χ1n) is 7.07. The summed E-state index contributed by atoms with van der Waals surface area (Å²) in [7, 11) is -1.84. The molecule has 1 heterocycles. The van der Waals surface area contributed by atoms with Crippen molar-refractivity contribution in [1.82, 2.24) is 4.98 Å². The van der Waals surface area contributed by atoms with E-state index in [9.17, 15) is 4.79 Å². The Kier molecular flexibility index (Phi) is 4.47. The molecule has 0 saturated heterocycles. The highest BCUT2D eigenvalue weighted by Crippen LogP contribution is 2.37. The Hall–Kier alpha value is -0.913. The maximum absolute atomic E-state index is 12.2. The van der Waals surface area contributed by atoms with Crippen LogP contribution < -0.4 is 5.56 Å². The smallest absolute Gasteiger partial charge is 0.256 e. The normalized spacial score (nSPS) is 12.9. The van der Waals surface area contributed by atoms with Gasteiger partial charge in [0, 0.05) is 15.2 Å². The van der Waals surface area contributed by atoms with Crippen LogP contribution in [0.2, 0.25) is 18.1 Å². The van der Waals surface area contributed by atoms with Crippen LogP contribution in [0.1, 0.15) is 26.5 Å². The van der Waals surface area contributed by atoms with Gasteiger partial charge in [-0.3, -0.25) is 4.79 Å². The second-order valence-corrected chi connectivity index (χ2v) is 12.4. The van der Waals surface area contributed by atoms with E-state index in [1.165, 1.54) is 0 Å². The summed E-state index contributed by atoms with van der Waals surface area (Å²) in [5.74, 6) is 0. The van der Waals surface area contributed by atoms with Crippen molar-refractivity contribution in [2.24, 2.45) is 0 Å². The van der Waals surface area contributed by atoms with Gasteiger partial charge in [0.2, 0.25) is 0 Å². The minimum atomic E-state index is -1.84. The van der Waals surface area contributed by atoms with Crippen LogP contribution in [0.25, 0.3) is 10.8 Å². The number of H-pyrrole nitrogens is 1. The quantitative estimate of drug-likeness (QED) is 0.790. The van der Waals surface area contributed by atoms with Crippen molar-refractivity contribution in [2.75, 3.05) is 0 Å². The number of rotatable bonds is 3. The number of hydrogen-bond acceptors (Lipinski definition) is 2. The van der Waals surface area contributed by atoms with Crippen molar-refractivity contribution in [2.45, 2.75) is 45.5 Å². The predicted octanol–water partition coefficient (Wildman–Crippen LogP) is 4.81. The first kappa shape index (κ1) is 16.5. The molecule has 0 atom stereocenters. The molecule has 1 N–H and O–H groups in total. The Morgan fingerprint density at radius 3 is 2.33 bits per heavy atom. The molecule has 0 aliphatic heterocycles. The van der Waals surface area contributed by atoms with Crippen molar-refractivity contribution in [1.29, 1.82) is 0 Å². The second kappa shape index (κ2) is 5.70. The van der Waals surface area contributed by atoms with E-state index < -0.39 is 8.32 Å². The third kappa shape index (κ3) is 3.30. The van der Waals surface area contributed by atoms with Gasteiger partial charge >= 0.3 is 0 Å². The number of aromatic amines is 1. The van der Waals surface area contributed by atoms with Crippen molar-refractivity contribution in [3.05, 3.63) is 44.8 Å². The Balaban J connectivity index is 2.36. The van der Waals surface area contributed by atoms with Crippen molar-refractivity contribution < 1.29 is 4.43 Å². The van der Waals surface area contributed by atoms with E-state index in [1.807, 2.05) is 24.3 Å². The molecule has 0 amide bonds. The van der Waals surface area contributed by atoms with Crippen molar-refractivity contribution in [3.63, 3.8) is 0 Å². The van der Waals surface area contributed by atoms with E-state index in [4.69, 9.17) is 4.43 Å². The number of fused-ring (bicyclic) bond motifs is 1. The third-order valence-electron chi connectivity index (χ3n) is 4.32. The molecular formula is C16H22BrNO2Si. The van der Waals surface area contributed by atoms with E-state index in [0.717, 1.165) is 15.6 Å². The molecule has 0 bridgehead atoms. The van der Waals surface area contributed by atoms with Crippen molar-refractivity contribution >= 4 is 35.0 Å². The van der Waals surface area contributed by atoms with Crippen LogP contribution in [0.15, 0.2) is 33.5 Å². The molecule has 1 aromatic heterocycles. The highest BCUT2D eigenvalue weighted by atomic mass is 79.9. The average Bonchev–Trinajstić information content (AvgIpc) is 2.40. The zero-order valence-electron chi connectivity index (χ0n) is 13.2. The number of pyridine rings is 1. The third-order valence-corrected chi connectivity index (χ3v) is 9.71. The summed E-state index contributed by atoms with van der Waals surface area (Å²) in [6.45, 7) is 11.5. The summed E-state index contributed by atoms with van der Waals surface area (Å²) in [6.07, 6.45) is 0. The zero-order valence-corrected chi connectivity index (χ0v) is 15.8. The van der Waals surface area contributed by atoms with E-state index >= 15 is 0 Å². The number of nitrogens with one attached hydrogen (secondary N) is 1. The van der Waals surface area contributed by atoms with Gasteiger partial charge in [-0.15, -0.1) is 0 Å². The summed E-state index contributed by atoms with van der Waals surface area (Å²) in [5.41, 5.74) is 0.742. The number of halogens is 1. The Labute approximate surface area is 135 Å². The summed E-state index contributed by atoms with van der Waals surface area (Å²) in [4.78, 5) is 15.1. The summed E-state index contributed by atoms with van der Waals surface area (Å²) in [6, 6.07) is 7.59. The number of aromatic nitrogens is 1. The lowest BCUT2D eigenvalue weighted by Gasteiger charge is -2.36. The van der Waals surface area contributed by atoms with E-state index in [1.54, 1.807) is 0 Å². The molecular weight excluding hydrogens is 346 g/mol. The first-order chi connectivity index (χ1) is 9.63. The maximum Gasteiger partial charge on any atom is 0.256 e. The molecule has 0 radical (unpaired) electrons. The zero-order chi connectivity index (χ0) is 15.8. The van der Waals surface area contributed by atoms with Gasteiger partial charge in [0.1, 0.15) is 0 Å². The molecule has 0 spiro atoms. The molecule has 3 nitrogen and oxygen atoms in total. The first-order valence-corrected chi connectivity index (χ1v) is 10.8. The van der Waals surface area contributed by atoms with Gasteiger partial charge in [-0.25, -0.2) is 0 Å². The lowest BCUT2D eigenvalue weighted by Crippen LogP contribution is -2.40. The standard InChI is InChI=1S/C16H22BrNO2Si/c1-16(2,3)21(4,5)20-10-13-14(17)11-8-6-7-9-12(11)15(19)18-13/h6-9H,10H2,1-5H3,(H,18,19). The van der Waals surface area contributed by atoms with Gasteiger partial charge < -0.3 is 9.41 Å². The van der Waals surface area contributed by atoms with Gasteiger partial charge in [0.25, 0.3) is 5.56 Å². The fourth-order valence-electron chi connectivity index (χ4n) is 1.86.